The number of hydrogen-bond acceptors (Lipinski definition) is 3. The summed E-state index contributed by atoms with van der Waals surface area (Å²) >= 11 is 0. The van der Waals surface area contributed by atoms with E-state index in [2.05, 4.69) is 0 Å². The van der Waals surface area contributed by atoms with Crippen molar-refractivity contribution in [2.45, 2.75) is 32.0 Å². The van der Waals surface area contributed by atoms with E-state index in [4.69, 9.17) is 14.6 Å². The maximum absolute atomic E-state index is 9.16. The number of ether oxygens (including phenoxy) is 2. The van der Waals surface area contributed by atoms with Crippen molar-refractivity contribution < 1.29 is 14.6 Å². The van der Waals surface area contributed by atoms with Gasteiger partial charge in [-0.05, 0) is 19.1 Å². The molecule has 1 N–H and O–H groups in total. The molecule has 1 aromatic carbocycles. The molecule has 0 atom stereocenters. The molecular formula is C12H16O3. The van der Waals surface area contributed by atoms with Crippen molar-refractivity contribution in [2.24, 2.45) is 0 Å². The van der Waals surface area contributed by atoms with Crippen LogP contribution in [-0.2, 0) is 0 Å². The lowest BCUT2D eigenvalue weighted by Crippen LogP contribution is -2.37. The molecule has 0 saturated heterocycles. The first-order valence-corrected chi connectivity index (χ1v) is 5.36. The smallest absolute Gasteiger partial charge is 0.161 e. The third-order valence-electron chi connectivity index (χ3n) is 2.51. The van der Waals surface area contributed by atoms with Crippen LogP contribution in [0.4, 0.5) is 0 Å². The quantitative estimate of drug-likeness (QED) is 0.822. The van der Waals surface area contributed by atoms with Crippen LogP contribution in [0.5, 0.6) is 11.5 Å². The van der Waals surface area contributed by atoms with Crippen molar-refractivity contribution in [3.63, 3.8) is 0 Å². The van der Waals surface area contributed by atoms with E-state index in [9.17, 15) is 0 Å². The minimum atomic E-state index is -0.186. The largest absolute Gasteiger partial charge is 0.490 e. The first kappa shape index (κ1) is 10.3. The second-order valence-corrected chi connectivity index (χ2v) is 3.74. The minimum Gasteiger partial charge on any atom is -0.490 e. The Bertz CT molecular complexity index is 318. The summed E-state index contributed by atoms with van der Waals surface area (Å²) in [7, 11) is 0. The molecular weight excluding hydrogens is 192 g/mol. The lowest BCUT2D eigenvalue weighted by molar-refractivity contribution is -0.0120. The van der Waals surface area contributed by atoms with Gasteiger partial charge in [0.25, 0.3) is 0 Å². The average Bonchev–Trinajstić information content (AvgIpc) is 2.19. The molecule has 82 valence electrons. The van der Waals surface area contributed by atoms with Gasteiger partial charge in [-0.1, -0.05) is 12.1 Å². The number of para-hydroxylation sites is 2. The third-order valence-corrected chi connectivity index (χ3v) is 2.51. The molecule has 1 aliphatic carbocycles. The normalized spacial score (nSPS) is 24.4. The van der Waals surface area contributed by atoms with Crippen LogP contribution in [0.15, 0.2) is 24.3 Å². The fourth-order valence-corrected chi connectivity index (χ4v) is 1.64. The molecule has 3 heteroatoms. The van der Waals surface area contributed by atoms with Gasteiger partial charge in [-0.25, -0.2) is 0 Å². The SMILES string of the molecule is CCOc1ccccc1OC1CC(O)C1. The Morgan fingerprint density at radius 1 is 1.27 bits per heavy atom. The zero-order valence-electron chi connectivity index (χ0n) is 8.85. The van der Waals surface area contributed by atoms with Crippen molar-refractivity contribution in [3.05, 3.63) is 24.3 Å². The lowest BCUT2D eigenvalue weighted by atomic mass is 9.92. The van der Waals surface area contributed by atoms with Crippen molar-refractivity contribution in [2.75, 3.05) is 6.61 Å². The van der Waals surface area contributed by atoms with Crippen molar-refractivity contribution in [1.82, 2.24) is 0 Å². The van der Waals surface area contributed by atoms with E-state index >= 15 is 0 Å². The predicted molar refractivity (Wildman–Crippen MR) is 57.3 cm³/mol. The van der Waals surface area contributed by atoms with Gasteiger partial charge in [-0.2, -0.15) is 0 Å². The Balaban J connectivity index is 2.00. The summed E-state index contributed by atoms with van der Waals surface area (Å²) in [4.78, 5) is 0. The van der Waals surface area contributed by atoms with Crippen LogP contribution in [0, 0.1) is 0 Å². The summed E-state index contributed by atoms with van der Waals surface area (Å²) in [5.74, 6) is 1.55. The van der Waals surface area contributed by atoms with Gasteiger partial charge in [0.2, 0.25) is 0 Å². The van der Waals surface area contributed by atoms with Crippen LogP contribution < -0.4 is 9.47 Å². The number of rotatable bonds is 4. The Morgan fingerprint density at radius 3 is 2.53 bits per heavy atom. The number of benzene rings is 1. The van der Waals surface area contributed by atoms with Gasteiger partial charge >= 0.3 is 0 Å². The predicted octanol–water partition coefficient (Wildman–Crippen LogP) is 1.99. The molecule has 1 fully saturated rings. The van der Waals surface area contributed by atoms with Crippen LogP contribution in [0.2, 0.25) is 0 Å². The zero-order valence-corrected chi connectivity index (χ0v) is 8.85. The van der Waals surface area contributed by atoms with Crippen LogP contribution in [0.25, 0.3) is 0 Å². The highest BCUT2D eigenvalue weighted by atomic mass is 16.5. The summed E-state index contributed by atoms with van der Waals surface area (Å²) in [5.41, 5.74) is 0. The van der Waals surface area contributed by atoms with E-state index in [-0.39, 0.29) is 12.2 Å². The molecule has 0 aliphatic heterocycles. The van der Waals surface area contributed by atoms with Crippen molar-refractivity contribution >= 4 is 0 Å². The maximum Gasteiger partial charge on any atom is 0.161 e. The molecule has 2 rings (SSSR count). The standard InChI is InChI=1S/C12H16O3/c1-2-14-11-5-3-4-6-12(11)15-10-7-9(13)8-10/h3-6,9-10,13H,2,7-8H2,1H3. The molecule has 0 radical (unpaired) electrons. The number of aliphatic hydroxyl groups is 1. The zero-order chi connectivity index (χ0) is 10.7. The average molecular weight is 208 g/mol. The van der Waals surface area contributed by atoms with E-state index in [1.807, 2.05) is 31.2 Å². The fraction of sp³-hybridized carbons (Fsp3) is 0.500. The summed E-state index contributed by atoms with van der Waals surface area (Å²) in [5, 5.41) is 9.16. The minimum absolute atomic E-state index is 0.140. The lowest BCUT2D eigenvalue weighted by Gasteiger charge is -2.32. The topological polar surface area (TPSA) is 38.7 Å². The van der Waals surface area contributed by atoms with Crippen molar-refractivity contribution in [3.8, 4) is 11.5 Å². The summed E-state index contributed by atoms with van der Waals surface area (Å²) in [6.45, 7) is 2.58. The Kier molecular flexibility index (Phi) is 3.11. The van der Waals surface area contributed by atoms with E-state index in [1.54, 1.807) is 0 Å². The molecule has 0 aromatic heterocycles. The van der Waals surface area contributed by atoms with Crippen LogP contribution in [0.1, 0.15) is 19.8 Å². The number of aliphatic hydroxyl groups excluding tert-OH is 1. The summed E-state index contributed by atoms with van der Waals surface area (Å²) in [6.07, 6.45) is 1.40. The second kappa shape index (κ2) is 4.53. The van der Waals surface area contributed by atoms with E-state index < -0.39 is 0 Å². The monoisotopic (exact) mass is 208 g/mol. The van der Waals surface area contributed by atoms with E-state index in [0.717, 1.165) is 24.3 Å². The summed E-state index contributed by atoms with van der Waals surface area (Å²) < 4.78 is 11.2. The molecule has 0 amide bonds. The summed E-state index contributed by atoms with van der Waals surface area (Å²) in [6, 6.07) is 7.64. The molecule has 0 spiro atoms. The molecule has 1 aromatic rings. The molecule has 1 saturated carbocycles. The fourth-order valence-electron chi connectivity index (χ4n) is 1.64. The van der Waals surface area contributed by atoms with Crippen LogP contribution in [0.3, 0.4) is 0 Å². The van der Waals surface area contributed by atoms with Gasteiger partial charge in [0.05, 0.1) is 12.7 Å². The molecule has 1 aliphatic rings. The first-order chi connectivity index (χ1) is 7.29. The molecule has 3 nitrogen and oxygen atoms in total. The van der Waals surface area contributed by atoms with Crippen molar-refractivity contribution in [1.29, 1.82) is 0 Å². The Morgan fingerprint density at radius 2 is 1.93 bits per heavy atom. The van der Waals surface area contributed by atoms with Gasteiger partial charge in [0.1, 0.15) is 6.10 Å². The maximum atomic E-state index is 9.16. The van der Waals surface area contributed by atoms with Gasteiger partial charge < -0.3 is 14.6 Å². The second-order valence-electron chi connectivity index (χ2n) is 3.74. The molecule has 15 heavy (non-hydrogen) atoms. The highest BCUT2D eigenvalue weighted by Crippen LogP contribution is 2.32. The molecule has 0 bridgehead atoms. The third kappa shape index (κ3) is 2.42. The van der Waals surface area contributed by atoms with Gasteiger partial charge in [-0.3, -0.25) is 0 Å². The highest BCUT2D eigenvalue weighted by molar-refractivity contribution is 5.39. The Hall–Kier alpha value is -1.22. The Labute approximate surface area is 89.6 Å². The van der Waals surface area contributed by atoms with E-state index in [0.29, 0.717) is 6.61 Å². The number of hydrogen-bond donors (Lipinski definition) is 1. The first-order valence-electron chi connectivity index (χ1n) is 5.36. The van der Waals surface area contributed by atoms with Crippen LogP contribution in [-0.4, -0.2) is 23.9 Å². The molecule has 0 heterocycles. The van der Waals surface area contributed by atoms with Gasteiger partial charge in [0.15, 0.2) is 11.5 Å². The highest BCUT2D eigenvalue weighted by Gasteiger charge is 2.29. The molecule has 0 unspecified atom stereocenters. The van der Waals surface area contributed by atoms with E-state index in [1.165, 1.54) is 0 Å². The van der Waals surface area contributed by atoms with Crippen LogP contribution >= 0.6 is 0 Å². The van der Waals surface area contributed by atoms with Gasteiger partial charge in [-0.15, -0.1) is 0 Å². The van der Waals surface area contributed by atoms with Gasteiger partial charge in [0, 0.05) is 12.8 Å².